The van der Waals surface area contributed by atoms with Crippen LogP contribution in [0.2, 0.25) is 0 Å². The molecule has 3 nitrogen and oxygen atoms in total. The van der Waals surface area contributed by atoms with Gasteiger partial charge in [0.05, 0.1) is 6.61 Å². The molecule has 0 unspecified atom stereocenters. The van der Waals surface area contributed by atoms with Gasteiger partial charge in [0.25, 0.3) is 0 Å². The van der Waals surface area contributed by atoms with Crippen molar-refractivity contribution in [2.75, 3.05) is 6.61 Å². The monoisotopic (exact) mass is 260 g/mol. The predicted molar refractivity (Wildman–Crippen MR) is 57.0 cm³/mol. The highest BCUT2D eigenvalue weighted by Crippen LogP contribution is 2.23. The molecule has 0 radical (unpaired) electrons. The van der Waals surface area contributed by atoms with Crippen LogP contribution in [0.15, 0.2) is 18.2 Å². The van der Waals surface area contributed by atoms with E-state index in [1.165, 1.54) is 13.8 Å². The van der Waals surface area contributed by atoms with Crippen LogP contribution in [0.4, 0.5) is 13.2 Å². The summed E-state index contributed by atoms with van der Waals surface area (Å²) in [5.74, 6) is -8.84. The Kier molecular flexibility index (Phi) is 4.11. The second-order valence-electron chi connectivity index (χ2n) is 3.64. The fraction of sp³-hybridized carbons (Fsp3) is 0.333. The summed E-state index contributed by atoms with van der Waals surface area (Å²) in [6.07, 6.45) is 0. The van der Waals surface area contributed by atoms with Gasteiger partial charge in [0.1, 0.15) is 5.82 Å². The summed E-state index contributed by atoms with van der Waals surface area (Å²) in [4.78, 5) is 22.4. The van der Waals surface area contributed by atoms with Crippen LogP contribution in [0.1, 0.15) is 22.8 Å². The quantitative estimate of drug-likeness (QED) is 0.474. The summed E-state index contributed by atoms with van der Waals surface area (Å²) in [7, 11) is 0. The lowest BCUT2D eigenvalue weighted by Gasteiger charge is -2.13. The van der Waals surface area contributed by atoms with Crippen molar-refractivity contribution in [3.8, 4) is 0 Å². The van der Waals surface area contributed by atoms with Crippen LogP contribution < -0.4 is 0 Å². The number of hydrogen-bond acceptors (Lipinski definition) is 3. The molecule has 18 heavy (non-hydrogen) atoms. The van der Waals surface area contributed by atoms with Gasteiger partial charge in [-0.1, -0.05) is 0 Å². The summed E-state index contributed by atoms with van der Waals surface area (Å²) in [6, 6.07) is 2.82. The van der Waals surface area contributed by atoms with Crippen molar-refractivity contribution in [1.82, 2.24) is 0 Å². The molecule has 0 N–H and O–H groups in total. The van der Waals surface area contributed by atoms with Crippen molar-refractivity contribution in [1.29, 1.82) is 0 Å². The van der Waals surface area contributed by atoms with Gasteiger partial charge < -0.3 is 4.74 Å². The zero-order valence-corrected chi connectivity index (χ0v) is 9.80. The van der Waals surface area contributed by atoms with E-state index in [-0.39, 0.29) is 6.61 Å². The maximum Gasteiger partial charge on any atom is 0.404 e. The number of hydrogen-bond donors (Lipinski definition) is 0. The van der Waals surface area contributed by atoms with Gasteiger partial charge >= 0.3 is 11.9 Å². The molecule has 0 fully saturated rings. The van der Waals surface area contributed by atoms with E-state index in [0.29, 0.717) is 11.6 Å². The third-order valence-corrected chi connectivity index (χ3v) is 2.12. The Morgan fingerprint density at radius 1 is 1.28 bits per heavy atom. The van der Waals surface area contributed by atoms with Crippen molar-refractivity contribution in [2.24, 2.45) is 0 Å². The SMILES string of the molecule is CCOC(=O)C(F)(F)C(=O)c1cc(C)cc(F)c1. The Bertz CT molecular complexity index is 463. The molecular formula is C12H11F3O3. The van der Waals surface area contributed by atoms with Gasteiger partial charge in [-0.15, -0.1) is 0 Å². The summed E-state index contributed by atoms with van der Waals surface area (Å²) < 4.78 is 43.9. The third kappa shape index (κ3) is 2.88. The third-order valence-electron chi connectivity index (χ3n) is 2.12. The molecule has 98 valence electrons. The average Bonchev–Trinajstić information content (AvgIpc) is 2.26. The molecule has 0 saturated heterocycles. The summed E-state index contributed by atoms with van der Waals surface area (Å²) in [5.41, 5.74) is -0.261. The topological polar surface area (TPSA) is 43.4 Å². The fourth-order valence-electron chi connectivity index (χ4n) is 1.36. The Morgan fingerprint density at radius 3 is 2.39 bits per heavy atom. The van der Waals surface area contributed by atoms with Gasteiger partial charge in [0.2, 0.25) is 5.78 Å². The minimum absolute atomic E-state index is 0.274. The molecule has 6 heteroatoms. The van der Waals surface area contributed by atoms with Crippen LogP contribution in [0.25, 0.3) is 0 Å². The normalized spacial score (nSPS) is 11.2. The van der Waals surface area contributed by atoms with Crippen molar-refractivity contribution < 1.29 is 27.5 Å². The first-order valence-electron chi connectivity index (χ1n) is 5.16. The number of Topliss-reactive ketones (excluding diaryl/α,β-unsaturated/α-hetero) is 1. The minimum atomic E-state index is -4.31. The largest absolute Gasteiger partial charge is 0.461 e. The van der Waals surface area contributed by atoms with Crippen LogP contribution >= 0.6 is 0 Å². The Balaban J connectivity index is 3.09. The molecule has 0 bridgehead atoms. The number of carbonyl (C=O) groups excluding carboxylic acids is 2. The lowest BCUT2D eigenvalue weighted by atomic mass is 10.0. The lowest BCUT2D eigenvalue weighted by Crippen LogP contribution is -2.39. The van der Waals surface area contributed by atoms with Crippen molar-refractivity contribution in [2.45, 2.75) is 19.8 Å². The first kappa shape index (κ1) is 14.2. The van der Waals surface area contributed by atoms with E-state index in [2.05, 4.69) is 4.74 Å². The van der Waals surface area contributed by atoms with E-state index < -0.39 is 29.1 Å². The first-order valence-corrected chi connectivity index (χ1v) is 5.16. The van der Waals surface area contributed by atoms with Crippen molar-refractivity contribution >= 4 is 11.8 Å². The molecule has 0 atom stereocenters. The Labute approximate surface area is 102 Å². The van der Waals surface area contributed by atoms with Gasteiger partial charge in [-0.3, -0.25) is 4.79 Å². The van der Waals surface area contributed by atoms with Gasteiger partial charge in [-0.2, -0.15) is 8.78 Å². The molecular weight excluding hydrogens is 249 g/mol. The number of esters is 1. The standard InChI is InChI=1S/C12H11F3O3/c1-3-18-11(17)12(14,15)10(16)8-4-7(2)5-9(13)6-8/h4-6H,3H2,1-2H3. The fourth-order valence-corrected chi connectivity index (χ4v) is 1.36. The van der Waals surface area contributed by atoms with Gasteiger partial charge in [0, 0.05) is 5.56 Å². The van der Waals surface area contributed by atoms with Crippen LogP contribution in [-0.2, 0) is 9.53 Å². The number of carbonyl (C=O) groups is 2. The first-order chi connectivity index (χ1) is 8.28. The summed E-state index contributed by atoms with van der Waals surface area (Å²) in [6.45, 7) is 2.51. The number of ketones is 1. The maximum atomic E-state index is 13.4. The minimum Gasteiger partial charge on any atom is -0.461 e. The van der Waals surface area contributed by atoms with Crippen LogP contribution in [0.5, 0.6) is 0 Å². The Hall–Kier alpha value is -1.85. The van der Waals surface area contributed by atoms with Crippen LogP contribution in [-0.4, -0.2) is 24.3 Å². The van der Waals surface area contributed by atoms with Crippen molar-refractivity contribution in [3.05, 3.63) is 35.1 Å². The highest BCUT2D eigenvalue weighted by molar-refractivity contribution is 6.13. The molecule has 1 aromatic rings. The van der Waals surface area contributed by atoms with E-state index in [9.17, 15) is 22.8 Å². The second kappa shape index (κ2) is 5.20. The molecule has 0 aromatic heterocycles. The van der Waals surface area contributed by atoms with Crippen LogP contribution in [0, 0.1) is 12.7 Å². The van der Waals surface area contributed by atoms with E-state index in [1.54, 1.807) is 0 Å². The van der Waals surface area contributed by atoms with Gasteiger partial charge in [-0.25, -0.2) is 9.18 Å². The number of benzene rings is 1. The zero-order valence-electron chi connectivity index (χ0n) is 9.80. The highest BCUT2D eigenvalue weighted by Gasteiger charge is 2.49. The second-order valence-corrected chi connectivity index (χ2v) is 3.64. The smallest absolute Gasteiger partial charge is 0.404 e. The van der Waals surface area contributed by atoms with Crippen molar-refractivity contribution in [3.63, 3.8) is 0 Å². The highest BCUT2D eigenvalue weighted by atomic mass is 19.3. The van der Waals surface area contributed by atoms with Crippen LogP contribution in [0.3, 0.4) is 0 Å². The summed E-state index contributed by atoms with van der Waals surface area (Å²) >= 11 is 0. The molecule has 0 amide bonds. The molecule has 0 aliphatic carbocycles. The van der Waals surface area contributed by atoms with E-state index in [4.69, 9.17) is 0 Å². The molecule has 1 aromatic carbocycles. The van der Waals surface area contributed by atoms with Gasteiger partial charge in [0.15, 0.2) is 0 Å². The molecule has 0 spiro atoms. The number of halogens is 3. The van der Waals surface area contributed by atoms with E-state index in [1.807, 2.05) is 0 Å². The lowest BCUT2D eigenvalue weighted by molar-refractivity contribution is -0.164. The number of aryl methyl sites for hydroxylation is 1. The number of rotatable bonds is 4. The molecule has 1 rings (SSSR count). The zero-order chi connectivity index (χ0) is 13.9. The van der Waals surface area contributed by atoms with E-state index >= 15 is 0 Å². The van der Waals surface area contributed by atoms with Gasteiger partial charge in [-0.05, 0) is 37.6 Å². The molecule has 0 aliphatic heterocycles. The predicted octanol–water partition coefficient (Wildman–Crippen LogP) is 2.52. The maximum absolute atomic E-state index is 13.4. The Morgan fingerprint density at radius 2 is 1.89 bits per heavy atom. The van der Waals surface area contributed by atoms with E-state index in [0.717, 1.165) is 12.1 Å². The molecule has 0 saturated carbocycles. The number of ether oxygens (including phenoxy) is 1. The number of alkyl halides is 2. The molecule has 0 heterocycles. The average molecular weight is 260 g/mol. The summed E-state index contributed by atoms with van der Waals surface area (Å²) in [5, 5.41) is 0. The molecule has 0 aliphatic rings.